The number of hydrogen-bond donors (Lipinski definition) is 2. The van der Waals surface area contributed by atoms with Gasteiger partial charge in [-0.25, -0.2) is 0 Å². The Balaban J connectivity index is 1.76. The van der Waals surface area contributed by atoms with Gasteiger partial charge in [-0.15, -0.1) is 0 Å². The monoisotopic (exact) mass is 241 g/mol. The fraction of sp³-hybridized carbons (Fsp3) is 0.833. The van der Waals surface area contributed by atoms with Crippen LogP contribution in [-0.4, -0.2) is 36.7 Å². The Kier molecular flexibility index (Phi) is 3.66. The first kappa shape index (κ1) is 12.4. The minimum atomic E-state index is -0.691. The second-order valence-electron chi connectivity index (χ2n) is 5.08. The lowest BCUT2D eigenvalue weighted by molar-refractivity contribution is -0.141. The molecule has 96 valence electrons. The second-order valence-corrected chi connectivity index (χ2v) is 5.08. The third-order valence-corrected chi connectivity index (χ3v) is 4.05. The Labute approximate surface area is 101 Å². The number of aliphatic carboxylic acids is 1. The summed E-state index contributed by atoms with van der Waals surface area (Å²) in [7, 11) is 1.57. The molecule has 2 fully saturated rings. The van der Waals surface area contributed by atoms with Gasteiger partial charge >= 0.3 is 5.97 Å². The van der Waals surface area contributed by atoms with Crippen molar-refractivity contribution in [1.29, 1.82) is 0 Å². The van der Waals surface area contributed by atoms with E-state index >= 15 is 0 Å². The molecule has 4 unspecified atom stereocenters. The predicted molar refractivity (Wildman–Crippen MR) is 60.4 cm³/mol. The van der Waals surface area contributed by atoms with Crippen molar-refractivity contribution in [2.45, 2.75) is 31.7 Å². The number of carbonyl (C=O) groups excluding carboxylic acids is 1. The SMILES string of the molecule is COCCC(=O)NC1CC2CC(C(=O)O)CC21. The molecule has 2 N–H and O–H groups in total. The Morgan fingerprint density at radius 1 is 1.35 bits per heavy atom. The van der Waals surface area contributed by atoms with Crippen LogP contribution in [0.25, 0.3) is 0 Å². The lowest BCUT2D eigenvalue weighted by atomic mass is 9.71. The standard InChI is InChI=1S/C12H19NO4/c1-17-3-2-11(14)13-10-6-7-4-8(12(15)16)5-9(7)10/h7-10H,2-6H2,1H3,(H,13,14)(H,15,16). The molecule has 0 bridgehead atoms. The highest BCUT2D eigenvalue weighted by Gasteiger charge is 2.49. The van der Waals surface area contributed by atoms with Gasteiger partial charge in [0.25, 0.3) is 0 Å². The van der Waals surface area contributed by atoms with Gasteiger partial charge in [0.15, 0.2) is 0 Å². The average molecular weight is 241 g/mol. The van der Waals surface area contributed by atoms with Crippen LogP contribution in [0.4, 0.5) is 0 Å². The summed E-state index contributed by atoms with van der Waals surface area (Å²) in [4.78, 5) is 22.4. The fourth-order valence-corrected chi connectivity index (χ4v) is 3.07. The maximum Gasteiger partial charge on any atom is 0.306 e. The molecule has 17 heavy (non-hydrogen) atoms. The van der Waals surface area contributed by atoms with E-state index < -0.39 is 5.97 Å². The summed E-state index contributed by atoms with van der Waals surface area (Å²) < 4.78 is 4.84. The van der Waals surface area contributed by atoms with Crippen LogP contribution in [0.2, 0.25) is 0 Å². The van der Waals surface area contributed by atoms with Crippen LogP contribution < -0.4 is 5.32 Å². The zero-order chi connectivity index (χ0) is 12.4. The second kappa shape index (κ2) is 5.04. The zero-order valence-corrected chi connectivity index (χ0v) is 10.0. The lowest BCUT2D eigenvalue weighted by Crippen LogP contribution is -2.50. The summed E-state index contributed by atoms with van der Waals surface area (Å²) in [6, 6.07) is 0.189. The van der Waals surface area contributed by atoms with Gasteiger partial charge in [-0.3, -0.25) is 9.59 Å². The molecular weight excluding hydrogens is 222 g/mol. The van der Waals surface area contributed by atoms with Gasteiger partial charge < -0.3 is 15.2 Å². The molecule has 0 spiro atoms. The molecule has 2 aliphatic carbocycles. The van der Waals surface area contributed by atoms with Gasteiger partial charge in [-0.05, 0) is 31.1 Å². The molecule has 0 aromatic rings. The summed E-state index contributed by atoms with van der Waals surface area (Å²) in [6.45, 7) is 0.435. The first-order valence-electron chi connectivity index (χ1n) is 6.13. The van der Waals surface area contributed by atoms with Crippen molar-refractivity contribution in [3.8, 4) is 0 Å². The number of methoxy groups -OCH3 is 1. The van der Waals surface area contributed by atoms with Crippen LogP contribution in [0.1, 0.15) is 25.7 Å². The molecule has 0 aliphatic heterocycles. The minimum Gasteiger partial charge on any atom is -0.481 e. The average Bonchev–Trinajstić information content (AvgIpc) is 2.61. The van der Waals surface area contributed by atoms with Gasteiger partial charge in [0.05, 0.1) is 12.5 Å². The number of hydrogen-bond acceptors (Lipinski definition) is 3. The van der Waals surface area contributed by atoms with Gasteiger partial charge in [0, 0.05) is 19.6 Å². The Morgan fingerprint density at radius 2 is 2.12 bits per heavy atom. The van der Waals surface area contributed by atoms with Gasteiger partial charge in [0.2, 0.25) is 5.91 Å². The molecule has 4 atom stereocenters. The highest BCUT2D eigenvalue weighted by molar-refractivity contribution is 5.76. The molecule has 0 aromatic heterocycles. The third kappa shape index (κ3) is 2.60. The predicted octanol–water partition coefficient (Wildman–Crippen LogP) is 0.638. The van der Waals surface area contributed by atoms with Crippen molar-refractivity contribution < 1.29 is 19.4 Å². The van der Waals surface area contributed by atoms with Gasteiger partial charge in [0.1, 0.15) is 0 Å². The highest BCUT2D eigenvalue weighted by atomic mass is 16.5. The van der Waals surface area contributed by atoms with E-state index in [1.54, 1.807) is 7.11 Å². The molecule has 2 aliphatic rings. The first-order chi connectivity index (χ1) is 8.11. The van der Waals surface area contributed by atoms with Gasteiger partial charge in [-0.2, -0.15) is 0 Å². The minimum absolute atomic E-state index is 0.00840. The molecule has 5 heteroatoms. The summed E-state index contributed by atoms with van der Waals surface area (Å²) >= 11 is 0. The Hall–Kier alpha value is -1.10. The smallest absolute Gasteiger partial charge is 0.306 e. The van der Waals surface area contributed by atoms with E-state index in [2.05, 4.69) is 5.32 Å². The van der Waals surface area contributed by atoms with Crippen LogP contribution in [0.3, 0.4) is 0 Å². The zero-order valence-electron chi connectivity index (χ0n) is 10.0. The maximum atomic E-state index is 11.5. The number of carboxylic acid groups (broad SMARTS) is 1. The molecule has 1 amide bonds. The van der Waals surface area contributed by atoms with E-state index in [0.717, 1.165) is 19.3 Å². The van der Waals surface area contributed by atoms with Crippen molar-refractivity contribution >= 4 is 11.9 Å². The van der Waals surface area contributed by atoms with Crippen LogP contribution in [0.5, 0.6) is 0 Å². The molecule has 5 nitrogen and oxygen atoms in total. The number of nitrogens with one attached hydrogen (secondary N) is 1. The third-order valence-electron chi connectivity index (χ3n) is 4.05. The number of carboxylic acids is 1. The largest absolute Gasteiger partial charge is 0.481 e. The number of amides is 1. The van der Waals surface area contributed by atoms with Crippen LogP contribution in [0, 0.1) is 17.8 Å². The number of rotatable bonds is 5. The van der Waals surface area contributed by atoms with E-state index in [1.165, 1.54) is 0 Å². The molecule has 0 aromatic carbocycles. The number of ether oxygens (including phenoxy) is 1. The molecule has 0 radical (unpaired) electrons. The fourth-order valence-electron chi connectivity index (χ4n) is 3.07. The van der Waals surface area contributed by atoms with E-state index in [1.807, 2.05) is 0 Å². The van der Waals surface area contributed by atoms with Crippen molar-refractivity contribution in [2.24, 2.45) is 17.8 Å². The van der Waals surface area contributed by atoms with Crippen molar-refractivity contribution in [2.75, 3.05) is 13.7 Å². The maximum absolute atomic E-state index is 11.5. The number of fused-ring (bicyclic) bond motifs is 1. The van der Waals surface area contributed by atoms with Crippen molar-refractivity contribution in [3.63, 3.8) is 0 Å². The quantitative estimate of drug-likeness (QED) is 0.740. The lowest BCUT2D eigenvalue weighted by Gasteiger charge is -2.40. The van der Waals surface area contributed by atoms with E-state index in [0.29, 0.717) is 24.9 Å². The summed E-state index contributed by atoms with van der Waals surface area (Å²) in [5, 5.41) is 11.9. The summed E-state index contributed by atoms with van der Waals surface area (Å²) in [5.74, 6) is -0.00442. The first-order valence-corrected chi connectivity index (χ1v) is 6.13. The molecule has 0 heterocycles. The van der Waals surface area contributed by atoms with Crippen molar-refractivity contribution in [3.05, 3.63) is 0 Å². The van der Waals surface area contributed by atoms with Crippen LogP contribution in [0.15, 0.2) is 0 Å². The molecular formula is C12H19NO4. The molecule has 0 saturated heterocycles. The van der Waals surface area contributed by atoms with E-state index in [9.17, 15) is 9.59 Å². The Morgan fingerprint density at radius 3 is 2.76 bits per heavy atom. The van der Waals surface area contributed by atoms with E-state index in [-0.39, 0.29) is 17.9 Å². The normalized spacial score (nSPS) is 34.9. The van der Waals surface area contributed by atoms with Crippen LogP contribution in [-0.2, 0) is 14.3 Å². The summed E-state index contributed by atoms with van der Waals surface area (Å²) in [6.07, 6.45) is 2.82. The Bertz CT molecular complexity index is 318. The van der Waals surface area contributed by atoms with Gasteiger partial charge in [-0.1, -0.05) is 0 Å². The van der Waals surface area contributed by atoms with E-state index in [4.69, 9.17) is 9.84 Å². The number of carbonyl (C=O) groups is 2. The molecule has 2 saturated carbocycles. The van der Waals surface area contributed by atoms with Crippen molar-refractivity contribution in [1.82, 2.24) is 5.32 Å². The molecule has 2 rings (SSSR count). The summed E-state index contributed by atoms with van der Waals surface area (Å²) in [5.41, 5.74) is 0. The highest BCUT2D eigenvalue weighted by Crippen LogP contribution is 2.49. The topological polar surface area (TPSA) is 75.6 Å². The van der Waals surface area contributed by atoms with Crippen LogP contribution >= 0.6 is 0 Å².